The molecule has 1 N–H and O–H groups in total. The summed E-state index contributed by atoms with van der Waals surface area (Å²) in [4.78, 5) is 13.6. The van der Waals surface area contributed by atoms with Crippen molar-refractivity contribution in [3.63, 3.8) is 0 Å². The van der Waals surface area contributed by atoms with Crippen LogP contribution in [0, 0.1) is 0 Å². The number of carbonyl (C=O) groups is 1. The highest BCUT2D eigenvalue weighted by Gasteiger charge is 2.24. The second-order valence-electron chi connectivity index (χ2n) is 6.39. The Morgan fingerprint density at radius 2 is 1.57 bits per heavy atom. The predicted molar refractivity (Wildman–Crippen MR) is 85.6 cm³/mol. The van der Waals surface area contributed by atoms with Crippen LogP contribution in [0.2, 0.25) is 0 Å². The van der Waals surface area contributed by atoms with E-state index in [2.05, 4.69) is 43.0 Å². The lowest BCUT2D eigenvalue weighted by atomic mass is 9.96. The lowest BCUT2D eigenvalue weighted by molar-refractivity contribution is -0.138. The number of likely N-dealkylation sites (tertiary alicyclic amines) is 1. The van der Waals surface area contributed by atoms with E-state index in [-0.39, 0.29) is 12.5 Å². The van der Waals surface area contributed by atoms with E-state index in [9.17, 15) is 9.90 Å². The van der Waals surface area contributed by atoms with Gasteiger partial charge >= 0.3 is 5.97 Å². The highest BCUT2D eigenvalue weighted by atomic mass is 16.4. The highest BCUT2D eigenvalue weighted by molar-refractivity contribution is 5.68. The lowest BCUT2D eigenvalue weighted by Crippen LogP contribution is -2.31. The van der Waals surface area contributed by atoms with Gasteiger partial charge in [0.25, 0.3) is 0 Å². The van der Waals surface area contributed by atoms with Crippen molar-refractivity contribution >= 4 is 5.97 Å². The third kappa shape index (κ3) is 4.57. The molecule has 1 unspecified atom stereocenters. The molecule has 0 radical (unpaired) electrons. The maximum absolute atomic E-state index is 11.3. The number of carboxylic acids is 1. The monoisotopic (exact) mass is 289 g/mol. The van der Waals surface area contributed by atoms with Gasteiger partial charge in [0.2, 0.25) is 0 Å². The van der Waals surface area contributed by atoms with E-state index in [1.807, 2.05) is 0 Å². The largest absolute Gasteiger partial charge is 0.481 e. The van der Waals surface area contributed by atoms with Crippen LogP contribution in [0.4, 0.5) is 0 Å². The van der Waals surface area contributed by atoms with E-state index >= 15 is 0 Å². The first-order valence-electron chi connectivity index (χ1n) is 8.13. The topological polar surface area (TPSA) is 40.5 Å². The molecule has 0 amide bonds. The van der Waals surface area contributed by atoms with E-state index in [4.69, 9.17) is 0 Å². The minimum atomic E-state index is -0.711. The second kappa shape index (κ2) is 7.60. The fourth-order valence-electron chi connectivity index (χ4n) is 3.13. The van der Waals surface area contributed by atoms with Crippen molar-refractivity contribution in [2.45, 2.75) is 57.9 Å². The zero-order valence-corrected chi connectivity index (χ0v) is 13.2. The Morgan fingerprint density at radius 1 is 1.05 bits per heavy atom. The van der Waals surface area contributed by atoms with Gasteiger partial charge in [-0.2, -0.15) is 0 Å². The van der Waals surface area contributed by atoms with Gasteiger partial charge in [-0.05, 0) is 43.0 Å². The van der Waals surface area contributed by atoms with E-state index in [0.29, 0.717) is 5.92 Å². The van der Waals surface area contributed by atoms with Crippen LogP contribution < -0.4 is 0 Å². The third-order valence-corrected chi connectivity index (χ3v) is 4.44. The van der Waals surface area contributed by atoms with Crippen LogP contribution in [0.3, 0.4) is 0 Å². The van der Waals surface area contributed by atoms with Gasteiger partial charge in [-0.3, -0.25) is 9.69 Å². The van der Waals surface area contributed by atoms with E-state index in [0.717, 1.165) is 18.7 Å². The Bertz CT molecular complexity index is 445. The molecule has 1 aromatic carbocycles. The van der Waals surface area contributed by atoms with E-state index < -0.39 is 5.97 Å². The van der Waals surface area contributed by atoms with Crippen LogP contribution in [0.1, 0.15) is 69.0 Å². The number of carboxylic acid groups (broad SMARTS) is 1. The van der Waals surface area contributed by atoms with Gasteiger partial charge in [0, 0.05) is 6.04 Å². The van der Waals surface area contributed by atoms with Crippen LogP contribution in [0.5, 0.6) is 0 Å². The summed E-state index contributed by atoms with van der Waals surface area (Å²) in [6, 6.07) is 8.54. The minimum Gasteiger partial charge on any atom is -0.481 e. The predicted octanol–water partition coefficient (Wildman–Crippen LogP) is 4.20. The van der Waals surface area contributed by atoms with Gasteiger partial charge in [-0.25, -0.2) is 0 Å². The fourth-order valence-corrected chi connectivity index (χ4v) is 3.13. The van der Waals surface area contributed by atoms with Crippen molar-refractivity contribution in [3.05, 3.63) is 35.4 Å². The fraction of sp³-hybridized carbons (Fsp3) is 0.611. The average molecular weight is 289 g/mol. The summed E-state index contributed by atoms with van der Waals surface area (Å²) in [5, 5.41) is 9.26. The molecule has 2 rings (SSSR count). The van der Waals surface area contributed by atoms with Gasteiger partial charge in [0.15, 0.2) is 0 Å². The molecular formula is C18H27NO2. The molecule has 1 aliphatic heterocycles. The van der Waals surface area contributed by atoms with Gasteiger partial charge in [-0.1, -0.05) is 51.0 Å². The molecule has 3 nitrogen and oxygen atoms in total. The minimum absolute atomic E-state index is 0.0156. The van der Waals surface area contributed by atoms with E-state index in [1.165, 1.54) is 31.2 Å². The normalized spacial score (nSPS) is 18.4. The van der Waals surface area contributed by atoms with E-state index in [1.54, 1.807) is 0 Å². The van der Waals surface area contributed by atoms with Crippen molar-refractivity contribution in [2.75, 3.05) is 13.1 Å². The Morgan fingerprint density at radius 3 is 2.05 bits per heavy atom. The number of nitrogens with zero attached hydrogens (tertiary/aromatic N) is 1. The van der Waals surface area contributed by atoms with Crippen molar-refractivity contribution in [1.82, 2.24) is 4.90 Å². The van der Waals surface area contributed by atoms with Crippen molar-refractivity contribution < 1.29 is 9.90 Å². The Balaban J connectivity index is 2.19. The van der Waals surface area contributed by atoms with Crippen LogP contribution >= 0.6 is 0 Å². The molecule has 21 heavy (non-hydrogen) atoms. The maximum atomic E-state index is 11.3. The van der Waals surface area contributed by atoms with Crippen LogP contribution in [-0.4, -0.2) is 29.1 Å². The quantitative estimate of drug-likeness (QED) is 0.883. The molecule has 1 aromatic rings. The first kappa shape index (κ1) is 16.0. The first-order chi connectivity index (χ1) is 10.1. The van der Waals surface area contributed by atoms with Gasteiger partial charge < -0.3 is 5.11 Å². The Hall–Kier alpha value is -1.35. The van der Waals surface area contributed by atoms with Crippen LogP contribution in [0.15, 0.2) is 24.3 Å². The van der Waals surface area contributed by atoms with Crippen LogP contribution in [-0.2, 0) is 4.79 Å². The van der Waals surface area contributed by atoms with Gasteiger partial charge in [-0.15, -0.1) is 0 Å². The van der Waals surface area contributed by atoms with Crippen molar-refractivity contribution in [3.8, 4) is 0 Å². The summed E-state index contributed by atoms with van der Waals surface area (Å²) < 4.78 is 0. The molecule has 0 aromatic heterocycles. The molecule has 1 heterocycles. The standard InChI is InChI=1S/C18H27NO2/c1-14(2)15-7-9-16(10-8-15)17(13-18(20)21)19-11-5-3-4-6-12-19/h7-10,14,17H,3-6,11-13H2,1-2H3,(H,20,21). The zero-order chi connectivity index (χ0) is 15.2. The summed E-state index contributed by atoms with van der Waals surface area (Å²) in [6.45, 7) is 6.39. The summed E-state index contributed by atoms with van der Waals surface area (Å²) in [7, 11) is 0. The summed E-state index contributed by atoms with van der Waals surface area (Å²) in [6.07, 6.45) is 5.09. The molecule has 1 fully saturated rings. The number of benzene rings is 1. The van der Waals surface area contributed by atoms with Crippen molar-refractivity contribution in [1.29, 1.82) is 0 Å². The summed E-state index contributed by atoms with van der Waals surface area (Å²) in [5.74, 6) is -0.202. The van der Waals surface area contributed by atoms with Crippen LogP contribution in [0.25, 0.3) is 0 Å². The molecule has 1 saturated heterocycles. The molecular weight excluding hydrogens is 262 g/mol. The molecule has 1 atom stereocenters. The average Bonchev–Trinajstić information content (AvgIpc) is 2.73. The smallest absolute Gasteiger partial charge is 0.305 e. The SMILES string of the molecule is CC(C)c1ccc(C(CC(=O)O)N2CCCCCC2)cc1. The molecule has 0 aliphatic carbocycles. The molecule has 3 heteroatoms. The second-order valence-corrected chi connectivity index (χ2v) is 6.39. The molecule has 1 aliphatic rings. The van der Waals surface area contributed by atoms with Gasteiger partial charge in [0.1, 0.15) is 0 Å². The molecule has 0 saturated carbocycles. The number of aliphatic carboxylic acids is 1. The first-order valence-corrected chi connectivity index (χ1v) is 8.13. The Labute approximate surface area is 128 Å². The summed E-state index contributed by atoms with van der Waals surface area (Å²) >= 11 is 0. The maximum Gasteiger partial charge on any atom is 0.305 e. The number of rotatable bonds is 5. The Kier molecular flexibility index (Phi) is 5.80. The molecule has 0 spiro atoms. The number of hydrogen-bond acceptors (Lipinski definition) is 2. The lowest BCUT2D eigenvalue weighted by Gasteiger charge is -2.30. The number of hydrogen-bond donors (Lipinski definition) is 1. The highest BCUT2D eigenvalue weighted by Crippen LogP contribution is 2.28. The summed E-state index contributed by atoms with van der Waals surface area (Å²) in [5.41, 5.74) is 2.45. The van der Waals surface area contributed by atoms with Crippen molar-refractivity contribution in [2.24, 2.45) is 0 Å². The third-order valence-electron chi connectivity index (χ3n) is 4.44. The molecule has 116 valence electrons. The zero-order valence-electron chi connectivity index (χ0n) is 13.2. The molecule has 0 bridgehead atoms. The van der Waals surface area contributed by atoms with Gasteiger partial charge in [0.05, 0.1) is 6.42 Å².